The van der Waals surface area contributed by atoms with Gasteiger partial charge in [-0.1, -0.05) is 11.7 Å². The molecule has 60 valence electrons. The van der Waals surface area contributed by atoms with Gasteiger partial charge in [0, 0.05) is 0 Å². The lowest BCUT2D eigenvalue weighted by molar-refractivity contribution is 0.598. The van der Waals surface area contributed by atoms with E-state index in [0.717, 1.165) is 0 Å². The molecule has 0 unspecified atom stereocenters. The van der Waals surface area contributed by atoms with Crippen molar-refractivity contribution < 1.29 is 8.42 Å². The van der Waals surface area contributed by atoms with Gasteiger partial charge in [0.2, 0.25) is 0 Å². The van der Waals surface area contributed by atoms with Crippen LogP contribution in [0, 0.1) is 0 Å². The fourth-order valence-electron chi connectivity index (χ4n) is 0.812. The molecular weight excluding hydrogens is 168 g/mol. The SMILES string of the molecule is C=S1(=C)CCS(=O)(=O)CC1. The fourth-order valence-corrected chi connectivity index (χ4v) is 6.08. The molecule has 1 aliphatic heterocycles. The van der Waals surface area contributed by atoms with Crippen LogP contribution in [-0.2, 0) is 9.84 Å². The van der Waals surface area contributed by atoms with E-state index in [2.05, 4.69) is 11.7 Å². The van der Waals surface area contributed by atoms with Gasteiger partial charge in [-0.05, 0) is 11.5 Å². The molecule has 1 heterocycles. The average Bonchev–Trinajstić information content (AvgIpc) is 1.79. The third-order valence-corrected chi connectivity index (χ3v) is 5.96. The second-order valence-electron chi connectivity index (χ2n) is 2.78. The van der Waals surface area contributed by atoms with E-state index >= 15 is 0 Å². The second kappa shape index (κ2) is 2.27. The Labute approximate surface area is 62.7 Å². The highest BCUT2D eigenvalue weighted by molar-refractivity contribution is 8.28. The van der Waals surface area contributed by atoms with Gasteiger partial charge in [0.1, 0.15) is 0 Å². The summed E-state index contributed by atoms with van der Waals surface area (Å²) in [6.45, 7) is 0. The molecule has 0 amide bonds. The third-order valence-electron chi connectivity index (χ3n) is 1.65. The van der Waals surface area contributed by atoms with E-state index in [-0.39, 0.29) is 0 Å². The van der Waals surface area contributed by atoms with Crippen LogP contribution < -0.4 is 0 Å². The van der Waals surface area contributed by atoms with Gasteiger partial charge in [0.15, 0.2) is 9.84 Å². The van der Waals surface area contributed by atoms with E-state index in [9.17, 15) is 8.42 Å². The first kappa shape index (κ1) is 8.14. The molecule has 2 nitrogen and oxygen atoms in total. The molecule has 0 saturated carbocycles. The van der Waals surface area contributed by atoms with Crippen molar-refractivity contribution in [3.63, 3.8) is 0 Å². The van der Waals surface area contributed by atoms with E-state index < -0.39 is 19.0 Å². The predicted molar refractivity (Wildman–Crippen MR) is 50.2 cm³/mol. The van der Waals surface area contributed by atoms with Crippen LogP contribution in [0.4, 0.5) is 0 Å². The second-order valence-corrected chi connectivity index (χ2v) is 8.35. The number of hydrogen-bond acceptors (Lipinski definition) is 2. The Morgan fingerprint density at radius 1 is 0.900 bits per heavy atom. The Morgan fingerprint density at radius 3 is 1.60 bits per heavy atom. The smallest absolute Gasteiger partial charge is 0.151 e. The minimum Gasteiger partial charge on any atom is -0.229 e. The molecule has 0 bridgehead atoms. The summed E-state index contributed by atoms with van der Waals surface area (Å²) in [6.07, 6.45) is 0. The summed E-state index contributed by atoms with van der Waals surface area (Å²) in [6, 6.07) is 0. The third kappa shape index (κ3) is 2.02. The van der Waals surface area contributed by atoms with Crippen LogP contribution in [0.25, 0.3) is 0 Å². The van der Waals surface area contributed by atoms with Crippen LogP contribution in [0.5, 0.6) is 0 Å². The molecule has 0 N–H and O–H groups in total. The lowest BCUT2D eigenvalue weighted by atomic mass is 10.9. The topological polar surface area (TPSA) is 34.1 Å². The van der Waals surface area contributed by atoms with Gasteiger partial charge in [-0.3, -0.25) is 0 Å². The summed E-state index contributed by atoms with van der Waals surface area (Å²) in [5.41, 5.74) is 0. The molecule has 0 spiro atoms. The number of rotatable bonds is 0. The molecule has 0 aromatic carbocycles. The molecule has 10 heavy (non-hydrogen) atoms. The van der Waals surface area contributed by atoms with E-state index in [1.807, 2.05) is 0 Å². The van der Waals surface area contributed by atoms with Crippen molar-refractivity contribution in [3.05, 3.63) is 0 Å². The average molecular weight is 180 g/mol. The Hall–Kier alpha value is 0.0400. The fraction of sp³-hybridized carbons (Fsp3) is 0.667. The molecule has 0 aliphatic carbocycles. The largest absolute Gasteiger partial charge is 0.229 e. The van der Waals surface area contributed by atoms with Gasteiger partial charge in [-0.15, -0.1) is 0 Å². The predicted octanol–water partition coefficient (Wildman–Crippen LogP) is 0.0834. The zero-order valence-corrected chi connectivity index (χ0v) is 7.51. The number of hydrogen-bond donors (Lipinski definition) is 0. The highest BCUT2D eigenvalue weighted by Gasteiger charge is 2.18. The van der Waals surface area contributed by atoms with Gasteiger partial charge < -0.3 is 0 Å². The van der Waals surface area contributed by atoms with Gasteiger partial charge in [-0.2, -0.15) is 0 Å². The molecule has 1 fully saturated rings. The van der Waals surface area contributed by atoms with E-state index in [1.165, 1.54) is 0 Å². The van der Waals surface area contributed by atoms with Crippen LogP contribution in [0.1, 0.15) is 0 Å². The molecule has 1 aliphatic rings. The highest BCUT2D eigenvalue weighted by atomic mass is 32.2. The van der Waals surface area contributed by atoms with Crippen molar-refractivity contribution in [3.8, 4) is 0 Å². The van der Waals surface area contributed by atoms with Crippen LogP contribution in [-0.4, -0.2) is 43.2 Å². The Morgan fingerprint density at radius 2 is 1.30 bits per heavy atom. The summed E-state index contributed by atoms with van der Waals surface area (Å²) in [5.74, 6) is 9.79. The van der Waals surface area contributed by atoms with E-state index in [0.29, 0.717) is 23.0 Å². The van der Waals surface area contributed by atoms with Gasteiger partial charge in [0.25, 0.3) is 0 Å². The summed E-state index contributed by atoms with van der Waals surface area (Å²) in [5, 5.41) is 0. The first-order valence-corrected chi connectivity index (χ1v) is 7.20. The van der Waals surface area contributed by atoms with E-state index in [1.54, 1.807) is 0 Å². The molecule has 0 radical (unpaired) electrons. The van der Waals surface area contributed by atoms with Crippen LogP contribution in [0.3, 0.4) is 0 Å². The van der Waals surface area contributed by atoms with Crippen LogP contribution >= 0.6 is 9.21 Å². The van der Waals surface area contributed by atoms with E-state index in [4.69, 9.17) is 0 Å². The van der Waals surface area contributed by atoms with Crippen LogP contribution in [0.2, 0.25) is 0 Å². The minimum absolute atomic E-state index is 0.301. The van der Waals surface area contributed by atoms with Gasteiger partial charge in [0.05, 0.1) is 11.5 Å². The van der Waals surface area contributed by atoms with Crippen molar-refractivity contribution in [1.29, 1.82) is 0 Å². The molecular formula is C6H12O2S2. The first-order valence-electron chi connectivity index (χ1n) is 3.07. The van der Waals surface area contributed by atoms with Crippen LogP contribution in [0.15, 0.2) is 0 Å². The molecule has 4 heteroatoms. The standard InChI is InChI=1S/C6H12O2S2/c1-9(2)3-5-10(7,8)6-4-9/h1-6H2. The quantitative estimate of drug-likeness (QED) is 0.495. The molecule has 1 rings (SSSR count). The summed E-state index contributed by atoms with van der Waals surface area (Å²) >= 11 is 0. The maximum absolute atomic E-state index is 10.9. The lowest BCUT2D eigenvalue weighted by Crippen LogP contribution is -2.23. The van der Waals surface area contributed by atoms with Gasteiger partial charge >= 0.3 is 0 Å². The zero-order valence-electron chi connectivity index (χ0n) is 5.88. The summed E-state index contributed by atoms with van der Waals surface area (Å²) in [4.78, 5) is 0. The highest BCUT2D eigenvalue weighted by Crippen LogP contribution is 2.23. The van der Waals surface area contributed by atoms with Crippen molar-refractivity contribution in [1.82, 2.24) is 0 Å². The van der Waals surface area contributed by atoms with Crippen molar-refractivity contribution >= 4 is 30.8 Å². The minimum atomic E-state index is -2.71. The zero-order chi connectivity index (χ0) is 7.83. The summed E-state index contributed by atoms with van der Waals surface area (Å²) < 4.78 is 21.8. The first-order chi connectivity index (χ1) is 4.41. The lowest BCUT2D eigenvalue weighted by Gasteiger charge is -2.19. The Balaban J connectivity index is 2.82. The number of sulfone groups is 1. The molecule has 0 atom stereocenters. The Kier molecular flexibility index (Phi) is 1.85. The monoisotopic (exact) mass is 180 g/mol. The summed E-state index contributed by atoms with van der Waals surface area (Å²) in [7, 11) is -3.75. The normalized spacial score (nSPS) is 29.6. The molecule has 1 saturated heterocycles. The molecule has 0 aromatic rings. The van der Waals surface area contributed by atoms with Crippen molar-refractivity contribution in [2.45, 2.75) is 0 Å². The van der Waals surface area contributed by atoms with Crippen molar-refractivity contribution in [2.24, 2.45) is 0 Å². The Bertz CT molecular complexity index is 254. The maximum Gasteiger partial charge on any atom is 0.151 e. The van der Waals surface area contributed by atoms with Gasteiger partial charge in [-0.25, -0.2) is 17.6 Å². The maximum atomic E-state index is 10.9. The molecule has 0 aromatic heterocycles. The van der Waals surface area contributed by atoms with Crippen molar-refractivity contribution in [2.75, 3.05) is 23.0 Å².